The Hall–Kier alpha value is -3.17. The Morgan fingerprint density at radius 3 is 2.86 bits per heavy atom. The number of hydrogen-bond donors (Lipinski definition) is 3. The van der Waals surface area contributed by atoms with Gasteiger partial charge in [0.1, 0.15) is 0 Å². The molecule has 0 saturated carbocycles. The summed E-state index contributed by atoms with van der Waals surface area (Å²) in [5.74, 6) is -0.232. The maximum atomic E-state index is 12.6. The molecule has 1 saturated heterocycles. The van der Waals surface area contributed by atoms with Crippen LogP contribution in [-0.2, 0) is 29.0 Å². The largest absolute Gasteiger partial charge is 0.350 e. The minimum absolute atomic E-state index is 0.0536. The van der Waals surface area contributed by atoms with Crippen LogP contribution in [0, 0.1) is 0 Å². The number of hydrogen-bond acceptors (Lipinski definition) is 5. The predicted molar refractivity (Wildman–Crippen MR) is 103 cm³/mol. The second kappa shape index (κ2) is 8.46. The van der Waals surface area contributed by atoms with E-state index in [4.69, 9.17) is 0 Å². The van der Waals surface area contributed by atoms with Crippen molar-refractivity contribution in [3.63, 3.8) is 0 Å². The molecule has 3 amide bonds. The smallest absolute Gasteiger partial charge is 0.272 e. The van der Waals surface area contributed by atoms with Gasteiger partial charge >= 0.3 is 0 Å². The Morgan fingerprint density at radius 2 is 2.07 bits per heavy atom. The molecule has 0 bridgehead atoms. The number of rotatable bonds is 6. The summed E-state index contributed by atoms with van der Waals surface area (Å²) in [5, 5.41) is 16.7. The maximum absolute atomic E-state index is 12.6. The first kappa shape index (κ1) is 19.2. The van der Waals surface area contributed by atoms with Crippen LogP contribution in [0.5, 0.6) is 0 Å². The van der Waals surface area contributed by atoms with Crippen molar-refractivity contribution in [3.8, 4) is 0 Å². The summed E-state index contributed by atoms with van der Waals surface area (Å²) in [5.41, 5.74) is 2.99. The molecule has 4 heterocycles. The van der Waals surface area contributed by atoms with Gasteiger partial charge < -0.3 is 15.1 Å². The second-order valence-corrected chi connectivity index (χ2v) is 7.45. The van der Waals surface area contributed by atoms with Crippen LogP contribution >= 0.6 is 0 Å². The number of fused-ring (bicyclic) bond motifs is 1. The van der Waals surface area contributed by atoms with Crippen LogP contribution in [-0.4, -0.2) is 74.1 Å². The normalized spacial score (nSPS) is 16.6. The van der Waals surface area contributed by atoms with Crippen molar-refractivity contribution in [1.82, 2.24) is 35.5 Å². The molecule has 0 radical (unpaired) electrons. The van der Waals surface area contributed by atoms with Crippen LogP contribution in [0.1, 0.15) is 46.7 Å². The zero-order valence-corrected chi connectivity index (χ0v) is 16.2. The third-order valence-electron chi connectivity index (χ3n) is 5.49. The topological polar surface area (TPSA) is 127 Å². The van der Waals surface area contributed by atoms with Gasteiger partial charge in [0, 0.05) is 49.9 Å². The van der Waals surface area contributed by atoms with Crippen LogP contribution in [0.25, 0.3) is 0 Å². The lowest BCUT2D eigenvalue weighted by molar-refractivity contribution is -0.142. The third kappa shape index (κ3) is 4.30. The quantitative estimate of drug-likeness (QED) is 0.630. The molecule has 0 spiro atoms. The highest BCUT2D eigenvalue weighted by Gasteiger charge is 2.29. The predicted octanol–water partition coefficient (Wildman–Crippen LogP) is 0.00250. The zero-order chi connectivity index (χ0) is 20.2. The van der Waals surface area contributed by atoms with E-state index in [2.05, 4.69) is 25.7 Å². The number of H-pyrrole nitrogens is 2. The lowest BCUT2D eigenvalue weighted by Crippen LogP contribution is -2.46. The molecule has 0 unspecified atom stereocenters. The van der Waals surface area contributed by atoms with Crippen molar-refractivity contribution < 1.29 is 14.4 Å². The summed E-state index contributed by atoms with van der Waals surface area (Å²) in [4.78, 5) is 40.4. The highest BCUT2D eigenvalue weighted by Crippen LogP contribution is 2.21. The van der Waals surface area contributed by atoms with Gasteiger partial charge in [-0.1, -0.05) is 0 Å². The van der Waals surface area contributed by atoms with Gasteiger partial charge in [0.05, 0.1) is 18.8 Å². The monoisotopic (exact) mass is 399 g/mol. The number of nitrogens with one attached hydrogen (secondary N) is 3. The SMILES string of the molecule is O=C(NCCc1ccn[nH]1)c1n[nH]c2c1CCN(C(=O)CN1CCCCC1=O)C2. The molecule has 0 aromatic carbocycles. The molecule has 2 aromatic rings. The lowest BCUT2D eigenvalue weighted by Gasteiger charge is -2.31. The van der Waals surface area contributed by atoms with Crippen LogP contribution in [0.15, 0.2) is 12.3 Å². The van der Waals surface area contributed by atoms with Crippen LogP contribution in [0.4, 0.5) is 0 Å². The minimum Gasteiger partial charge on any atom is -0.350 e. The van der Waals surface area contributed by atoms with Crippen molar-refractivity contribution in [2.24, 2.45) is 0 Å². The Bertz CT molecular complexity index is 890. The van der Waals surface area contributed by atoms with Gasteiger partial charge in [-0.05, 0) is 25.3 Å². The Labute approximate surface area is 168 Å². The fourth-order valence-corrected chi connectivity index (χ4v) is 3.83. The van der Waals surface area contributed by atoms with Gasteiger partial charge in [-0.25, -0.2) is 0 Å². The van der Waals surface area contributed by atoms with Gasteiger partial charge in [0.25, 0.3) is 5.91 Å². The molecule has 4 rings (SSSR count). The summed E-state index contributed by atoms with van der Waals surface area (Å²) in [6.45, 7) is 2.16. The number of carbonyl (C=O) groups excluding carboxylic acids is 3. The van der Waals surface area contributed by atoms with E-state index in [-0.39, 0.29) is 24.3 Å². The highest BCUT2D eigenvalue weighted by molar-refractivity contribution is 5.94. The van der Waals surface area contributed by atoms with Crippen LogP contribution < -0.4 is 5.32 Å². The molecule has 2 aliphatic heterocycles. The Morgan fingerprint density at radius 1 is 1.17 bits per heavy atom. The molecule has 0 aliphatic carbocycles. The van der Waals surface area contributed by atoms with Crippen molar-refractivity contribution >= 4 is 17.7 Å². The van der Waals surface area contributed by atoms with Crippen LogP contribution in [0.3, 0.4) is 0 Å². The molecule has 1 fully saturated rings. The van der Waals surface area contributed by atoms with E-state index >= 15 is 0 Å². The van der Waals surface area contributed by atoms with E-state index in [1.165, 1.54) is 0 Å². The highest BCUT2D eigenvalue weighted by atomic mass is 16.2. The first-order valence-corrected chi connectivity index (χ1v) is 10.00. The number of nitrogens with zero attached hydrogens (tertiary/aromatic N) is 4. The number of carbonyl (C=O) groups is 3. The van der Waals surface area contributed by atoms with Gasteiger partial charge in [0.2, 0.25) is 11.8 Å². The van der Waals surface area contributed by atoms with E-state index in [9.17, 15) is 14.4 Å². The molecule has 10 nitrogen and oxygen atoms in total. The Kier molecular flexibility index (Phi) is 5.59. The fraction of sp³-hybridized carbons (Fsp3) is 0.526. The standard InChI is InChI=1S/C19H25N7O3/c27-16-3-1-2-9-25(16)12-17(28)26-10-6-14-15(11-26)23-24-18(14)19(29)20-7-4-13-5-8-21-22-13/h5,8H,1-4,6-7,9-12H2,(H,20,29)(H,21,22)(H,23,24). The number of aromatic amines is 2. The molecule has 2 aliphatic rings. The molecular weight excluding hydrogens is 374 g/mol. The molecular formula is C19H25N7O3. The number of aromatic nitrogens is 4. The first-order chi connectivity index (χ1) is 14.1. The molecule has 29 heavy (non-hydrogen) atoms. The van der Waals surface area contributed by atoms with Crippen molar-refractivity contribution in [2.75, 3.05) is 26.2 Å². The van der Waals surface area contributed by atoms with E-state index in [1.54, 1.807) is 16.0 Å². The average Bonchev–Trinajstić information content (AvgIpc) is 3.38. The minimum atomic E-state index is -0.222. The van der Waals surface area contributed by atoms with Crippen molar-refractivity contribution in [1.29, 1.82) is 0 Å². The third-order valence-corrected chi connectivity index (χ3v) is 5.49. The van der Waals surface area contributed by atoms with E-state index in [0.717, 1.165) is 29.8 Å². The number of amides is 3. The zero-order valence-electron chi connectivity index (χ0n) is 16.2. The summed E-state index contributed by atoms with van der Waals surface area (Å²) in [6, 6.07) is 1.87. The van der Waals surface area contributed by atoms with Gasteiger partial charge in [-0.2, -0.15) is 10.2 Å². The summed E-state index contributed by atoms with van der Waals surface area (Å²) in [6.07, 6.45) is 5.27. The second-order valence-electron chi connectivity index (χ2n) is 7.45. The molecule has 0 atom stereocenters. The molecule has 3 N–H and O–H groups in total. The molecule has 154 valence electrons. The average molecular weight is 399 g/mol. The Balaban J connectivity index is 1.32. The number of likely N-dealkylation sites (tertiary alicyclic amines) is 1. The van der Waals surface area contributed by atoms with E-state index in [0.29, 0.717) is 51.1 Å². The maximum Gasteiger partial charge on any atom is 0.272 e. The summed E-state index contributed by atoms with van der Waals surface area (Å²) in [7, 11) is 0. The van der Waals surface area contributed by atoms with Gasteiger partial charge in [-0.15, -0.1) is 0 Å². The first-order valence-electron chi connectivity index (χ1n) is 10.00. The van der Waals surface area contributed by atoms with Crippen molar-refractivity contribution in [3.05, 3.63) is 34.9 Å². The van der Waals surface area contributed by atoms with Gasteiger partial charge in [0.15, 0.2) is 5.69 Å². The number of piperidine rings is 1. The summed E-state index contributed by atoms with van der Waals surface area (Å²) < 4.78 is 0. The van der Waals surface area contributed by atoms with Gasteiger partial charge in [-0.3, -0.25) is 24.6 Å². The van der Waals surface area contributed by atoms with E-state index in [1.807, 2.05) is 6.07 Å². The lowest BCUT2D eigenvalue weighted by atomic mass is 10.0. The fourth-order valence-electron chi connectivity index (χ4n) is 3.83. The van der Waals surface area contributed by atoms with Crippen LogP contribution in [0.2, 0.25) is 0 Å². The molecule has 2 aromatic heterocycles. The van der Waals surface area contributed by atoms with Crippen molar-refractivity contribution in [2.45, 2.75) is 38.6 Å². The molecule has 10 heteroatoms. The van der Waals surface area contributed by atoms with E-state index < -0.39 is 0 Å². The summed E-state index contributed by atoms with van der Waals surface area (Å²) >= 11 is 0.